The molecule has 15 heavy (non-hydrogen) atoms. The minimum atomic E-state index is 0.0689. The highest BCUT2D eigenvalue weighted by atomic mass is 35.5. The SMILES string of the molecule is CC(C)Oc1nc(Cl)nc2ccccc12. The van der Waals surface area contributed by atoms with Gasteiger partial charge in [0.25, 0.3) is 0 Å². The summed E-state index contributed by atoms with van der Waals surface area (Å²) in [6.45, 7) is 3.90. The highest BCUT2D eigenvalue weighted by Crippen LogP contribution is 2.24. The molecule has 0 spiro atoms. The first-order chi connectivity index (χ1) is 7.16. The van der Waals surface area contributed by atoms with Crippen LogP contribution < -0.4 is 4.74 Å². The van der Waals surface area contributed by atoms with Crippen molar-refractivity contribution in [3.8, 4) is 5.88 Å². The second kappa shape index (κ2) is 4.03. The smallest absolute Gasteiger partial charge is 0.226 e. The molecule has 0 aliphatic heterocycles. The summed E-state index contributed by atoms with van der Waals surface area (Å²) in [5.74, 6) is 0.542. The average Bonchev–Trinajstić information content (AvgIpc) is 2.16. The highest BCUT2D eigenvalue weighted by Gasteiger charge is 2.08. The van der Waals surface area contributed by atoms with E-state index < -0.39 is 0 Å². The summed E-state index contributed by atoms with van der Waals surface area (Å²) in [5, 5.41) is 1.10. The lowest BCUT2D eigenvalue weighted by Gasteiger charge is -2.10. The number of aromatic nitrogens is 2. The zero-order chi connectivity index (χ0) is 10.8. The predicted octanol–water partition coefficient (Wildman–Crippen LogP) is 3.07. The summed E-state index contributed by atoms with van der Waals surface area (Å²) in [5.41, 5.74) is 0.799. The van der Waals surface area contributed by atoms with Crippen LogP contribution in [0.15, 0.2) is 24.3 Å². The Kier molecular flexibility index (Phi) is 2.73. The van der Waals surface area contributed by atoms with E-state index in [4.69, 9.17) is 16.3 Å². The number of ether oxygens (including phenoxy) is 1. The number of nitrogens with zero attached hydrogens (tertiary/aromatic N) is 2. The third-order valence-electron chi connectivity index (χ3n) is 1.89. The van der Waals surface area contributed by atoms with Crippen molar-refractivity contribution in [2.75, 3.05) is 0 Å². The van der Waals surface area contributed by atoms with Crippen LogP contribution in [0.1, 0.15) is 13.8 Å². The molecule has 2 rings (SSSR count). The molecule has 0 N–H and O–H groups in total. The maximum atomic E-state index is 5.81. The zero-order valence-electron chi connectivity index (χ0n) is 8.57. The van der Waals surface area contributed by atoms with Crippen LogP contribution in [0.4, 0.5) is 0 Å². The number of para-hydroxylation sites is 1. The molecule has 0 amide bonds. The van der Waals surface area contributed by atoms with Gasteiger partial charge in [-0.15, -0.1) is 0 Å². The molecule has 1 aromatic carbocycles. The van der Waals surface area contributed by atoms with E-state index in [-0.39, 0.29) is 11.4 Å². The Morgan fingerprint density at radius 2 is 1.93 bits per heavy atom. The fourth-order valence-corrected chi connectivity index (χ4v) is 1.50. The van der Waals surface area contributed by atoms with Crippen LogP contribution >= 0.6 is 11.6 Å². The number of halogens is 1. The molecular weight excluding hydrogens is 212 g/mol. The Bertz CT molecular complexity index is 485. The molecule has 0 unspecified atom stereocenters. The quantitative estimate of drug-likeness (QED) is 0.733. The Morgan fingerprint density at radius 3 is 2.67 bits per heavy atom. The fourth-order valence-electron chi connectivity index (χ4n) is 1.33. The molecule has 0 radical (unpaired) electrons. The van der Waals surface area contributed by atoms with Gasteiger partial charge in [0, 0.05) is 0 Å². The van der Waals surface area contributed by atoms with E-state index in [0.717, 1.165) is 10.9 Å². The normalized spacial score (nSPS) is 10.9. The van der Waals surface area contributed by atoms with Crippen molar-refractivity contribution in [2.45, 2.75) is 20.0 Å². The maximum Gasteiger partial charge on any atom is 0.226 e. The van der Waals surface area contributed by atoms with Gasteiger partial charge in [0.1, 0.15) is 0 Å². The molecule has 3 nitrogen and oxygen atoms in total. The summed E-state index contributed by atoms with van der Waals surface area (Å²) in [6.07, 6.45) is 0.0689. The summed E-state index contributed by atoms with van der Waals surface area (Å²) in [4.78, 5) is 8.19. The number of fused-ring (bicyclic) bond motifs is 1. The molecule has 0 atom stereocenters. The molecule has 1 heterocycles. The van der Waals surface area contributed by atoms with E-state index in [1.807, 2.05) is 38.1 Å². The van der Waals surface area contributed by atoms with Gasteiger partial charge in [-0.1, -0.05) is 12.1 Å². The van der Waals surface area contributed by atoms with Gasteiger partial charge in [-0.25, -0.2) is 4.98 Å². The van der Waals surface area contributed by atoms with Gasteiger partial charge in [-0.3, -0.25) is 0 Å². The van der Waals surface area contributed by atoms with Crippen LogP contribution in [0.25, 0.3) is 10.9 Å². The van der Waals surface area contributed by atoms with Crippen LogP contribution in [0, 0.1) is 0 Å². The molecule has 2 aromatic rings. The van der Waals surface area contributed by atoms with Gasteiger partial charge >= 0.3 is 0 Å². The second-order valence-electron chi connectivity index (χ2n) is 3.48. The molecule has 0 saturated carbocycles. The minimum Gasteiger partial charge on any atom is -0.474 e. The molecule has 1 aromatic heterocycles. The molecule has 78 valence electrons. The van der Waals surface area contributed by atoms with E-state index in [1.54, 1.807) is 0 Å². The van der Waals surface area contributed by atoms with Gasteiger partial charge in [0.05, 0.1) is 17.0 Å². The van der Waals surface area contributed by atoms with Gasteiger partial charge in [0.2, 0.25) is 11.2 Å². The third kappa shape index (κ3) is 2.18. The first kappa shape index (κ1) is 10.2. The summed E-state index contributed by atoms with van der Waals surface area (Å²) in [7, 11) is 0. The second-order valence-corrected chi connectivity index (χ2v) is 3.82. The maximum absolute atomic E-state index is 5.81. The lowest BCUT2D eigenvalue weighted by molar-refractivity contribution is 0.236. The summed E-state index contributed by atoms with van der Waals surface area (Å²) in [6, 6.07) is 7.64. The molecule has 4 heteroatoms. The molecule has 0 bridgehead atoms. The first-order valence-electron chi connectivity index (χ1n) is 4.76. The van der Waals surface area contributed by atoms with Gasteiger partial charge < -0.3 is 4.74 Å². The van der Waals surface area contributed by atoms with Crippen molar-refractivity contribution in [3.05, 3.63) is 29.5 Å². The summed E-state index contributed by atoms with van der Waals surface area (Å²) < 4.78 is 5.57. The topological polar surface area (TPSA) is 35.0 Å². The van der Waals surface area contributed by atoms with E-state index >= 15 is 0 Å². The number of benzene rings is 1. The first-order valence-corrected chi connectivity index (χ1v) is 5.13. The average molecular weight is 223 g/mol. The van der Waals surface area contributed by atoms with E-state index in [9.17, 15) is 0 Å². The minimum absolute atomic E-state index is 0.0689. The molecule has 0 saturated heterocycles. The van der Waals surface area contributed by atoms with E-state index in [2.05, 4.69) is 9.97 Å². The Hall–Kier alpha value is -1.35. The van der Waals surface area contributed by atoms with Crippen molar-refractivity contribution in [3.63, 3.8) is 0 Å². The van der Waals surface area contributed by atoms with Crippen LogP contribution in [-0.2, 0) is 0 Å². The number of hydrogen-bond acceptors (Lipinski definition) is 3. The Balaban J connectivity index is 2.60. The summed E-state index contributed by atoms with van der Waals surface area (Å²) >= 11 is 5.81. The van der Waals surface area contributed by atoms with Gasteiger partial charge in [-0.05, 0) is 37.6 Å². The molecular formula is C11H11ClN2O. The van der Waals surface area contributed by atoms with E-state index in [1.165, 1.54) is 0 Å². The van der Waals surface area contributed by atoms with Crippen molar-refractivity contribution in [1.29, 1.82) is 0 Å². The largest absolute Gasteiger partial charge is 0.474 e. The lowest BCUT2D eigenvalue weighted by Crippen LogP contribution is -2.07. The Labute approximate surface area is 93.1 Å². The third-order valence-corrected chi connectivity index (χ3v) is 2.06. The number of hydrogen-bond donors (Lipinski definition) is 0. The highest BCUT2D eigenvalue weighted by molar-refractivity contribution is 6.28. The lowest BCUT2D eigenvalue weighted by atomic mass is 10.2. The standard InChI is InChI=1S/C11H11ClN2O/c1-7(2)15-10-8-5-3-4-6-9(8)13-11(12)14-10/h3-7H,1-2H3. The van der Waals surface area contributed by atoms with Crippen LogP contribution in [0.2, 0.25) is 5.28 Å². The predicted molar refractivity (Wildman–Crippen MR) is 60.3 cm³/mol. The molecule has 0 fully saturated rings. The molecule has 0 aliphatic rings. The fraction of sp³-hybridized carbons (Fsp3) is 0.273. The monoisotopic (exact) mass is 222 g/mol. The van der Waals surface area contributed by atoms with Crippen molar-refractivity contribution in [2.24, 2.45) is 0 Å². The van der Waals surface area contributed by atoms with Gasteiger partial charge in [-0.2, -0.15) is 4.98 Å². The van der Waals surface area contributed by atoms with Crippen molar-refractivity contribution < 1.29 is 4.74 Å². The van der Waals surface area contributed by atoms with Crippen molar-refractivity contribution in [1.82, 2.24) is 9.97 Å². The van der Waals surface area contributed by atoms with E-state index in [0.29, 0.717) is 5.88 Å². The van der Waals surface area contributed by atoms with Crippen LogP contribution in [0.5, 0.6) is 5.88 Å². The van der Waals surface area contributed by atoms with Gasteiger partial charge in [0.15, 0.2) is 0 Å². The number of rotatable bonds is 2. The Morgan fingerprint density at radius 1 is 1.20 bits per heavy atom. The van der Waals surface area contributed by atoms with Crippen molar-refractivity contribution >= 4 is 22.5 Å². The zero-order valence-corrected chi connectivity index (χ0v) is 9.32. The van der Waals surface area contributed by atoms with Crippen LogP contribution in [0.3, 0.4) is 0 Å². The van der Waals surface area contributed by atoms with Crippen LogP contribution in [-0.4, -0.2) is 16.1 Å². The molecule has 0 aliphatic carbocycles.